The Bertz CT molecular complexity index is 323. The van der Waals surface area contributed by atoms with Crippen LogP contribution in [-0.4, -0.2) is 28.8 Å². The highest BCUT2D eigenvalue weighted by Gasteiger charge is 2.46. The van der Waals surface area contributed by atoms with Gasteiger partial charge in [-0.25, -0.2) is 4.79 Å². The van der Waals surface area contributed by atoms with E-state index >= 15 is 0 Å². The summed E-state index contributed by atoms with van der Waals surface area (Å²) in [6.45, 7) is 1.92. The average Bonchev–Trinajstić information content (AvgIpc) is 2.96. The molecule has 0 radical (unpaired) electrons. The molecular weight excluding hydrogens is 196 g/mol. The second-order valence-corrected chi connectivity index (χ2v) is 4.08. The number of amides is 4. The quantitative estimate of drug-likeness (QED) is 0.695. The molecule has 4 amide bonds. The van der Waals surface area contributed by atoms with E-state index in [0.717, 1.165) is 19.3 Å². The normalized spacial score (nSPS) is 26.9. The first-order chi connectivity index (χ1) is 7.15. The first-order valence-corrected chi connectivity index (χ1v) is 5.33. The molecule has 2 rings (SSSR count). The van der Waals surface area contributed by atoms with Gasteiger partial charge >= 0.3 is 6.03 Å². The number of hydrogen-bond acceptors (Lipinski definition) is 3. The molecule has 1 heterocycles. The molecule has 1 saturated heterocycles. The van der Waals surface area contributed by atoms with Gasteiger partial charge in [-0.05, 0) is 19.3 Å². The van der Waals surface area contributed by atoms with Gasteiger partial charge in [0.2, 0.25) is 11.8 Å². The van der Waals surface area contributed by atoms with Crippen LogP contribution >= 0.6 is 0 Å². The third kappa shape index (κ3) is 1.73. The highest BCUT2D eigenvalue weighted by atomic mass is 16.2. The lowest BCUT2D eigenvalue weighted by Crippen LogP contribution is -2.58. The van der Waals surface area contributed by atoms with E-state index in [9.17, 15) is 14.4 Å². The minimum atomic E-state index is -0.659. The number of barbiturate groups is 1. The lowest BCUT2D eigenvalue weighted by atomic mass is 9.99. The summed E-state index contributed by atoms with van der Waals surface area (Å²) in [5.41, 5.74) is 0. The van der Waals surface area contributed by atoms with Gasteiger partial charge < -0.3 is 0 Å². The largest absolute Gasteiger partial charge is 0.331 e. The van der Waals surface area contributed by atoms with Crippen LogP contribution in [0.5, 0.6) is 0 Å². The van der Waals surface area contributed by atoms with Crippen molar-refractivity contribution in [3.63, 3.8) is 0 Å². The average molecular weight is 210 g/mol. The fourth-order valence-electron chi connectivity index (χ4n) is 1.85. The molecule has 0 aromatic heterocycles. The van der Waals surface area contributed by atoms with E-state index in [1.165, 1.54) is 4.90 Å². The van der Waals surface area contributed by atoms with Crippen molar-refractivity contribution in [3.8, 4) is 0 Å². The van der Waals surface area contributed by atoms with Crippen molar-refractivity contribution in [2.75, 3.05) is 0 Å². The van der Waals surface area contributed by atoms with Crippen LogP contribution in [0.15, 0.2) is 0 Å². The Morgan fingerprint density at radius 1 is 1.33 bits per heavy atom. The summed E-state index contributed by atoms with van der Waals surface area (Å²) in [5.74, 6) is -1.41. The number of nitrogens with zero attached hydrogens (tertiary/aromatic N) is 1. The van der Waals surface area contributed by atoms with E-state index in [2.05, 4.69) is 5.32 Å². The molecule has 2 fully saturated rings. The van der Waals surface area contributed by atoms with Crippen LogP contribution in [0.2, 0.25) is 0 Å². The van der Waals surface area contributed by atoms with Crippen LogP contribution in [0.4, 0.5) is 4.79 Å². The van der Waals surface area contributed by atoms with Crippen LogP contribution in [0, 0.1) is 5.92 Å². The maximum Gasteiger partial charge on any atom is 0.331 e. The topological polar surface area (TPSA) is 66.5 Å². The third-order valence-electron chi connectivity index (χ3n) is 2.79. The Labute approximate surface area is 87.8 Å². The zero-order valence-electron chi connectivity index (χ0n) is 8.66. The molecule has 1 unspecified atom stereocenters. The van der Waals surface area contributed by atoms with E-state index in [0.29, 0.717) is 6.42 Å². The number of rotatable bonds is 3. The molecule has 1 saturated carbocycles. The van der Waals surface area contributed by atoms with Crippen molar-refractivity contribution in [3.05, 3.63) is 0 Å². The lowest BCUT2D eigenvalue weighted by Gasteiger charge is -2.29. The standard InChI is InChI=1S/C10H14N2O3/c1-2-3-7-8(13)11-10(15)12(9(7)14)6-4-5-6/h6-7H,2-5H2,1H3,(H,11,13,15). The molecule has 1 N–H and O–H groups in total. The number of carbonyl (C=O) groups excluding carboxylic acids is 3. The summed E-state index contributed by atoms with van der Waals surface area (Å²) < 4.78 is 0. The van der Waals surface area contributed by atoms with Gasteiger partial charge in [0.25, 0.3) is 0 Å². The molecule has 1 aliphatic heterocycles. The van der Waals surface area contributed by atoms with Gasteiger partial charge in [-0.3, -0.25) is 19.8 Å². The van der Waals surface area contributed by atoms with E-state index in [1.54, 1.807) is 0 Å². The highest BCUT2D eigenvalue weighted by Crippen LogP contribution is 2.30. The molecule has 1 atom stereocenters. The molecule has 5 heteroatoms. The number of nitrogens with one attached hydrogen (secondary N) is 1. The van der Waals surface area contributed by atoms with Gasteiger partial charge in [0.15, 0.2) is 0 Å². The first-order valence-electron chi connectivity index (χ1n) is 5.33. The predicted molar refractivity (Wildman–Crippen MR) is 51.8 cm³/mol. The summed E-state index contributed by atoms with van der Waals surface area (Å²) in [4.78, 5) is 35.9. The van der Waals surface area contributed by atoms with Gasteiger partial charge in [0.05, 0.1) is 0 Å². The summed E-state index contributed by atoms with van der Waals surface area (Å²) in [6.07, 6.45) is 3.01. The molecule has 0 aromatic carbocycles. The first kappa shape index (κ1) is 10.1. The number of carbonyl (C=O) groups is 3. The molecule has 15 heavy (non-hydrogen) atoms. The Balaban J connectivity index is 2.16. The molecule has 0 spiro atoms. The molecule has 82 valence electrons. The maximum absolute atomic E-state index is 11.9. The smallest absolute Gasteiger partial charge is 0.277 e. The molecule has 1 aliphatic carbocycles. The van der Waals surface area contributed by atoms with Crippen molar-refractivity contribution < 1.29 is 14.4 Å². The SMILES string of the molecule is CCCC1C(=O)NC(=O)N(C2CC2)C1=O. The summed E-state index contributed by atoms with van der Waals surface area (Å²) in [7, 11) is 0. The third-order valence-corrected chi connectivity index (χ3v) is 2.79. The van der Waals surface area contributed by atoms with Crippen molar-refractivity contribution in [1.82, 2.24) is 10.2 Å². The monoisotopic (exact) mass is 210 g/mol. The number of imide groups is 2. The van der Waals surface area contributed by atoms with Gasteiger partial charge in [0.1, 0.15) is 5.92 Å². The molecule has 5 nitrogen and oxygen atoms in total. The Morgan fingerprint density at radius 3 is 2.53 bits per heavy atom. The molecule has 0 bridgehead atoms. The van der Waals surface area contributed by atoms with Gasteiger partial charge in [-0.1, -0.05) is 13.3 Å². The summed E-state index contributed by atoms with van der Waals surface area (Å²) >= 11 is 0. The van der Waals surface area contributed by atoms with Gasteiger partial charge in [0, 0.05) is 6.04 Å². The van der Waals surface area contributed by atoms with Crippen molar-refractivity contribution in [2.24, 2.45) is 5.92 Å². The molecule has 0 aromatic rings. The maximum atomic E-state index is 11.9. The Hall–Kier alpha value is -1.39. The summed E-state index contributed by atoms with van der Waals surface area (Å²) in [5, 5.41) is 2.24. The zero-order chi connectivity index (χ0) is 11.0. The second-order valence-electron chi connectivity index (χ2n) is 4.08. The summed E-state index contributed by atoms with van der Waals surface area (Å²) in [6, 6.07) is -0.509. The van der Waals surface area contributed by atoms with E-state index in [1.807, 2.05) is 6.92 Å². The fourth-order valence-corrected chi connectivity index (χ4v) is 1.85. The van der Waals surface area contributed by atoms with Gasteiger partial charge in [-0.2, -0.15) is 0 Å². The Kier molecular flexibility index (Phi) is 2.46. The van der Waals surface area contributed by atoms with E-state index in [-0.39, 0.29) is 11.9 Å². The lowest BCUT2D eigenvalue weighted by molar-refractivity contribution is -0.143. The van der Waals surface area contributed by atoms with Crippen molar-refractivity contribution in [1.29, 1.82) is 0 Å². The second kappa shape index (κ2) is 3.64. The van der Waals surface area contributed by atoms with E-state index < -0.39 is 17.9 Å². The fraction of sp³-hybridized carbons (Fsp3) is 0.700. The van der Waals surface area contributed by atoms with E-state index in [4.69, 9.17) is 0 Å². The van der Waals surface area contributed by atoms with Crippen molar-refractivity contribution >= 4 is 17.8 Å². The molecule has 2 aliphatic rings. The van der Waals surface area contributed by atoms with Crippen LogP contribution in [0.3, 0.4) is 0 Å². The zero-order valence-corrected chi connectivity index (χ0v) is 8.66. The van der Waals surface area contributed by atoms with Crippen LogP contribution in [-0.2, 0) is 9.59 Å². The van der Waals surface area contributed by atoms with Gasteiger partial charge in [-0.15, -0.1) is 0 Å². The van der Waals surface area contributed by atoms with Crippen molar-refractivity contribution in [2.45, 2.75) is 38.6 Å². The number of urea groups is 1. The Morgan fingerprint density at radius 2 is 2.00 bits per heavy atom. The minimum absolute atomic E-state index is 0.0324. The number of hydrogen-bond donors (Lipinski definition) is 1. The van der Waals surface area contributed by atoms with Crippen LogP contribution < -0.4 is 5.32 Å². The predicted octanol–water partition coefficient (Wildman–Crippen LogP) is 0.643. The highest BCUT2D eigenvalue weighted by molar-refractivity contribution is 6.16. The van der Waals surface area contributed by atoms with Crippen LogP contribution in [0.1, 0.15) is 32.6 Å². The molecular formula is C10H14N2O3. The van der Waals surface area contributed by atoms with Crippen LogP contribution in [0.25, 0.3) is 0 Å². The minimum Gasteiger partial charge on any atom is -0.277 e.